The van der Waals surface area contributed by atoms with Crippen LogP contribution in [0, 0.1) is 0 Å². The van der Waals surface area contributed by atoms with Crippen molar-refractivity contribution >= 4 is 29.4 Å². The van der Waals surface area contributed by atoms with Crippen molar-refractivity contribution in [3.63, 3.8) is 0 Å². The maximum Gasteiger partial charge on any atom is 0.338 e. The van der Waals surface area contributed by atoms with E-state index in [4.69, 9.17) is 4.74 Å². The van der Waals surface area contributed by atoms with Crippen LogP contribution in [-0.2, 0) is 9.53 Å². The Labute approximate surface area is 194 Å². The molecular formula is C25H30N4O4. The summed E-state index contributed by atoms with van der Waals surface area (Å²) >= 11 is 0. The molecule has 0 fully saturated rings. The van der Waals surface area contributed by atoms with Crippen molar-refractivity contribution in [2.24, 2.45) is 0 Å². The van der Waals surface area contributed by atoms with Crippen LogP contribution in [0.15, 0.2) is 60.2 Å². The van der Waals surface area contributed by atoms with Crippen molar-refractivity contribution in [1.82, 2.24) is 15.1 Å². The first kappa shape index (κ1) is 23.8. The summed E-state index contributed by atoms with van der Waals surface area (Å²) in [4.78, 5) is 41.6. The number of anilines is 1. The van der Waals surface area contributed by atoms with Gasteiger partial charge in [0.25, 0.3) is 0 Å². The minimum atomic E-state index is -0.740. The van der Waals surface area contributed by atoms with E-state index in [9.17, 15) is 14.4 Å². The molecule has 1 heterocycles. The Kier molecular flexibility index (Phi) is 7.71. The van der Waals surface area contributed by atoms with E-state index in [1.807, 2.05) is 43.3 Å². The Morgan fingerprint density at radius 2 is 1.82 bits per heavy atom. The fourth-order valence-electron chi connectivity index (χ4n) is 3.71. The van der Waals surface area contributed by atoms with E-state index >= 15 is 0 Å². The van der Waals surface area contributed by atoms with Crippen LogP contribution in [0.4, 0.5) is 15.3 Å². The molecule has 1 aliphatic rings. The second-order valence-corrected chi connectivity index (χ2v) is 7.83. The fourth-order valence-corrected chi connectivity index (χ4v) is 3.71. The van der Waals surface area contributed by atoms with E-state index in [1.54, 1.807) is 44.1 Å². The maximum atomic E-state index is 13.2. The summed E-state index contributed by atoms with van der Waals surface area (Å²) in [6.45, 7) is 4.38. The molecule has 1 aliphatic heterocycles. The van der Waals surface area contributed by atoms with Crippen LogP contribution in [0.1, 0.15) is 37.4 Å². The molecule has 3 rings (SSSR count). The van der Waals surface area contributed by atoms with Crippen LogP contribution in [0.25, 0.3) is 5.70 Å². The van der Waals surface area contributed by atoms with Gasteiger partial charge in [0, 0.05) is 26.3 Å². The number of nitrogens with one attached hydrogen (secondary N) is 2. The summed E-state index contributed by atoms with van der Waals surface area (Å²) in [5.74, 6) is -0.495. The molecule has 0 saturated carbocycles. The summed E-state index contributed by atoms with van der Waals surface area (Å²) in [6.07, 6.45) is 0.719. The van der Waals surface area contributed by atoms with Crippen molar-refractivity contribution in [1.29, 1.82) is 0 Å². The third-order valence-electron chi connectivity index (χ3n) is 5.19. The second-order valence-electron chi connectivity index (χ2n) is 7.83. The number of rotatable bonds is 7. The highest BCUT2D eigenvalue weighted by Crippen LogP contribution is 2.37. The highest BCUT2D eigenvalue weighted by atomic mass is 16.5. The van der Waals surface area contributed by atoms with Crippen molar-refractivity contribution in [2.75, 3.05) is 32.6 Å². The largest absolute Gasteiger partial charge is 0.463 e. The van der Waals surface area contributed by atoms with Gasteiger partial charge in [0.15, 0.2) is 0 Å². The van der Waals surface area contributed by atoms with Gasteiger partial charge < -0.3 is 20.3 Å². The molecule has 0 bridgehead atoms. The van der Waals surface area contributed by atoms with Gasteiger partial charge in [-0.2, -0.15) is 0 Å². The smallest absolute Gasteiger partial charge is 0.338 e. The monoisotopic (exact) mass is 450 g/mol. The number of nitrogens with zero attached hydrogens (tertiary/aromatic N) is 2. The minimum Gasteiger partial charge on any atom is -0.463 e. The molecule has 0 aromatic heterocycles. The van der Waals surface area contributed by atoms with Crippen molar-refractivity contribution < 1.29 is 19.1 Å². The first-order valence-corrected chi connectivity index (χ1v) is 11.0. The second kappa shape index (κ2) is 10.7. The normalized spacial score (nSPS) is 15.7. The third kappa shape index (κ3) is 5.34. The lowest BCUT2D eigenvalue weighted by Gasteiger charge is -2.37. The molecule has 174 valence electrons. The van der Waals surface area contributed by atoms with Crippen molar-refractivity contribution in [3.05, 3.63) is 71.3 Å². The van der Waals surface area contributed by atoms with Crippen LogP contribution in [0.3, 0.4) is 0 Å². The number of hydrogen-bond donors (Lipinski definition) is 2. The predicted molar refractivity (Wildman–Crippen MR) is 127 cm³/mol. The van der Waals surface area contributed by atoms with Gasteiger partial charge in [-0.1, -0.05) is 49.4 Å². The molecule has 4 amide bonds. The number of benzene rings is 2. The summed E-state index contributed by atoms with van der Waals surface area (Å²) in [7, 11) is 3.30. The molecule has 0 aliphatic carbocycles. The quantitative estimate of drug-likeness (QED) is 0.618. The Hall–Kier alpha value is -3.81. The number of amides is 4. The lowest BCUT2D eigenvalue weighted by Crippen LogP contribution is -2.48. The first-order chi connectivity index (χ1) is 15.9. The summed E-state index contributed by atoms with van der Waals surface area (Å²) < 4.78 is 5.42. The molecule has 1 atom stereocenters. The Morgan fingerprint density at radius 1 is 1.09 bits per heavy atom. The van der Waals surface area contributed by atoms with E-state index in [-0.39, 0.29) is 18.7 Å². The van der Waals surface area contributed by atoms with Gasteiger partial charge in [0.05, 0.1) is 23.9 Å². The molecule has 2 N–H and O–H groups in total. The zero-order valence-electron chi connectivity index (χ0n) is 19.4. The molecule has 2 aromatic carbocycles. The lowest BCUT2D eigenvalue weighted by atomic mass is 9.91. The Balaban J connectivity index is 2.18. The SMILES string of the molecule is CCCN1C(=O)NC(c2cccc(NC(=O)N(C)C)c2)C(C(=O)OCC)=C1c1ccccc1. The standard InChI is InChI=1S/C25H30N4O4/c1-5-15-29-22(17-11-8-7-9-12-17)20(23(30)33-6-2)21(27-25(29)32)18-13-10-14-19(16-18)26-24(31)28(3)4/h7-14,16,21H,5-6,15H2,1-4H3,(H,26,31)(H,27,32). The molecule has 1 unspecified atom stereocenters. The van der Waals surface area contributed by atoms with E-state index < -0.39 is 12.0 Å². The van der Waals surface area contributed by atoms with Crippen LogP contribution < -0.4 is 10.6 Å². The highest BCUT2D eigenvalue weighted by Gasteiger charge is 2.38. The van der Waals surface area contributed by atoms with Gasteiger partial charge >= 0.3 is 18.0 Å². The average Bonchev–Trinajstić information content (AvgIpc) is 2.80. The lowest BCUT2D eigenvalue weighted by molar-refractivity contribution is -0.138. The number of carbonyl (C=O) groups excluding carboxylic acids is 3. The van der Waals surface area contributed by atoms with E-state index in [1.165, 1.54) is 4.90 Å². The number of ether oxygens (including phenoxy) is 1. The first-order valence-electron chi connectivity index (χ1n) is 11.0. The summed E-state index contributed by atoms with van der Waals surface area (Å²) in [5.41, 5.74) is 2.86. The van der Waals surface area contributed by atoms with Crippen molar-refractivity contribution in [3.8, 4) is 0 Å². The van der Waals surface area contributed by atoms with E-state index in [0.29, 0.717) is 29.1 Å². The molecule has 33 heavy (non-hydrogen) atoms. The zero-order chi connectivity index (χ0) is 24.0. The molecule has 2 aromatic rings. The summed E-state index contributed by atoms with van der Waals surface area (Å²) in [6, 6.07) is 15.2. The number of esters is 1. The van der Waals surface area contributed by atoms with E-state index in [0.717, 1.165) is 12.0 Å². The molecule has 0 saturated heterocycles. The van der Waals surface area contributed by atoms with Gasteiger partial charge in [0.1, 0.15) is 0 Å². The average molecular weight is 451 g/mol. The third-order valence-corrected chi connectivity index (χ3v) is 5.19. The van der Waals surface area contributed by atoms with Crippen LogP contribution >= 0.6 is 0 Å². The van der Waals surface area contributed by atoms with E-state index in [2.05, 4.69) is 10.6 Å². The highest BCUT2D eigenvalue weighted by molar-refractivity contribution is 6.04. The fraction of sp³-hybridized carbons (Fsp3) is 0.320. The van der Waals surface area contributed by atoms with Gasteiger partial charge in [-0.05, 0) is 36.6 Å². The maximum absolute atomic E-state index is 13.2. The van der Waals surface area contributed by atoms with Gasteiger partial charge in [-0.25, -0.2) is 14.4 Å². The number of hydrogen-bond acceptors (Lipinski definition) is 4. The van der Waals surface area contributed by atoms with Crippen LogP contribution in [0.5, 0.6) is 0 Å². The molecule has 8 nitrogen and oxygen atoms in total. The Bertz CT molecular complexity index is 1050. The van der Waals surface area contributed by atoms with Crippen LogP contribution in [0.2, 0.25) is 0 Å². The molecular weight excluding hydrogens is 420 g/mol. The Morgan fingerprint density at radius 3 is 2.45 bits per heavy atom. The van der Waals surface area contributed by atoms with Crippen LogP contribution in [-0.4, -0.2) is 55.1 Å². The number of urea groups is 2. The summed E-state index contributed by atoms with van der Waals surface area (Å²) in [5, 5.41) is 5.77. The van der Waals surface area contributed by atoms with Gasteiger partial charge in [0.2, 0.25) is 0 Å². The molecule has 8 heteroatoms. The zero-order valence-corrected chi connectivity index (χ0v) is 19.4. The number of carbonyl (C=O) groups is 3. The topological polar surface area (TPSA) is 91.0 Å². The predicted octanol–water partition coefficient (Wildman–Crippen LogP) is 4.23. The van der Waals surface area contributed by atoms with Gasteiger partial charge in [-0.15, -0.1) is 0 Å². The van der Waals surface area contributed by atoms with Gasteiger partial charge in [-0.3, -0.25) is 4.90 Å². The molecule has 0 radical (unpaired) electrons. The minimum absolute atomic E-state index is 0.206. The molecule has 0 spiro atoms. The van der Waals surface area contributed by atoms with Crippen molar-refractivity contribution in [2.45, 2.75) is 26.3 Å².